The van der Waals surface area contributed by atoms with E-state index in [2.05, 4.69) is 25.3 Å². The number of nitrogens with one attached hydrogen (secondary N) is 1. The van der Waals surface area contributed by atoms with Crippen molar-refractivity contribution in [3.05, 3.63) is 30.4 Å². The lowest BCUT2D eigenvalue weighted by Gasteiger charge is -2.05. The summed E-state index contributed by atoms with van der Waals surface area (Å²) in [6, 6.07) is 2.41. The minimum Gasteiger partial charge on any atom is -0.351 e. The molecule has 0 unspecified atom stereocenters. The third-order valence-electron chi connectivity index (χ3n) is 2.69. The first-order chi connectivity index (χ1) is 8.33. The maximum atomic E-state index is 4.46. The Kier molecular flexibility index (Phi) is 2.44. The fraction of sp³-hybridized carbons (Fsp3) is 0.333. The molecule has 0 radical (unpaired) electrons. The van der Waals surface area contributed by atoms with Gasteiger partial charge in [0.1, 0.15) is 5.69 Å². The molecule has 1 saturated carbocycles. The van der Waals surface area contributed by atoms with Crippen LogP contribution >= 0.6 is 0 Å². The van der Waals surface area contributed by atoms with E-state index < -0.39 is 0 Å². The normalized spacial score (nSPS) is 14.6. The van der Waals surface area contributed by atoms with Gasteiger partial charge in [0.05, 0.1) is 11.4 Å². The Bertz CT molecular complexity index is 536. The fourth-order valence-corrected chi connectivity index (χ4v) is 1.63. The van der Waals surface area contributed by atoms with Gasteiger partial charge in [-0.25, -0.2) is 9.97 Å². The number of rotatable bonds is 3. The van der Waals surface area contributed by atoms with Crippen LogP contribution in [0, 0.1) is 6.92 Å². The third kappa shape index (κ3) is 2.22. The van der Waals surface area contributed by atoms with Crippen molar-refractivity contribution in [1.82, 2.24) is 19.9 Å². The van der Waals surface area contributed by atoms with Gasteiger partial charge < -0.3 is 5.32 Å². The standard InChI is InChI=1S/C12H13N5/c1-8-11(14-7-6-13-8)10-4-5-15-12(17-10)16-9-2-3-9/h4-7,9H,2-3H2,1H3,(H,15,16,17). The maximum Gasteiger partial charge on any atom is 0.223 e. The van der Waals surface area contributed by atoms with Gasteiger partial charge in [0, 0.05) is 24.6 Å². The molecule has 5 nitrogen and oxygen atoms in total. The molecule has 0 aromatic carbocycles. The zero-order valence-electron chi connectivity index (χ0n) is 9.59. The van der Waals surface area contributed by atoms with Crippen LogP contribution in [0.4, 0.5) is 5.95 Å². The topological polar surface area (TPSA) is 63.6 Å². The first-order valence-electron chi connectivity index (χ1n) is 5.70. The summed E-state index contributed by atoms with van der Waals surface area (Å²) in [6.07, 6.45) is 7.53. The average Bonchev–Trinajstić information content (AvgIpc) is 3.14. The molecule has 1 N–H and O–H groups in total. The van der Waals surface area contributed by atoms with Crippen LogP contribution in [0.3, 0.4) is 0 Å². The van der Waals surface area contributed by atoms with Crippen LogP contribution in [0.5, 0.6) is 0 Å². The Labute approximate surface area is 99.4 Å². The second-order valence-corrected chi connectivity index (χ2v) is 4.17. The third-order valence-corrected chi connectivity index (χ3v) is 2.69. The zero-order valence-corrected chi connectivity index (χ0v) is 9.59. The van der Waals surface area contributed by atoms with Crippen LogP contribution < -0.4 is 5.32 Å². The summed E-state index contributed by atoms with van der Waals surface area (Å²) in [7, 11) is 0. The summed E-state index contributed by atoms with van der Waals surface area (Å²) in [4.78, 5) is 17.2. The summed E-state index contributed by atoms with van der Waals surface area (Å²) in [5.41, 5.74) is 2.51. The Balaban J connectivity index is 1.94. The van der Waals surface area contributed by atoms with E-state index in [1.54, 1.807) is 18.6 Å². The molecule has 0 aliphatic heterocycles. The molecule has 3 rings (SSSR count). The Hall–Kier alpha value is -2.04. The van der Waals surface area contributed by atoms with Crippen LogP contribution in [-0.2, 0) is 0 Å². The van der Waals surface area contributed by atoms with Crippen LogP contribution in [0.15, 0.2) is 24.7 Å². The van der Waals surface area contributed by atoms with Crippen molar-refractivity contribution in [2.24, 2.45) is 0 Å². The number of anilines is 1. The van der Waals surface area contributed by atoms with E-state index in [1.165, 1.54) is 12.8 Å². The van der Waals surface area contributed by atoms with Gasteiger partial charge in [0.25, 0.3) is 0 Å². The van der Waals surface area contributed by atoms with Gasteiger partial charge in [-0.1, -0.05) is 0 Å². The van der Waals surface area contributed by atoms with Gasteiger partial charge >= 0.3 is 0 Å². The average molecular weight is 227 g/mol. The molecular formula is C12H13N5. The van der Waals surface area contributed by atoms with Crippen molar-refractivity contribution in [2.75, 3.05) is 5.32 Å². The van der Waals surface area contributed by atoms with Crippen LogP contribution in [0.1, 0.15) is 18.5 Å². The first-order valence-corrected chi connectivity index (χ1v) is 5.70. The number of aryl methyl sites for hydroxylation is 1. The number of hydrogen-bond acceptors (Lipinski definition) is 5. The van der Waals surface area contributed by atoms with E-state index in [0.717, 1.165) is 17.1 Å². The van der Waals surface area contributed by atoms with Crippen molar-refractivity contribution < 1.29 is 0 Å². The van der Waals surface area contributed by atoms with Gasteiger partial charge in [-0.15, -0.1) is 0 Å². The van der Waals surface area contributed by atoms with Gasteiger partial charge in [0.15, 0.2) is 0 Å². The highest BCUT2D eigenvalue weighted by Gasteiger charge is 2.22. The Morgan fingerprint density at radius 1 is 1.12 bits per heavy atom. The fourth-order valence-electron chi connectivity index (χ4n) is 1.63. The van der Waals surface area contributed by atoms with Crippen molar-refractivity contribution in [3.63, 3.8) is 0 Å². The molecule has 0 amide bonds. The second-order valence-electron chi connectivity index (χ2n) is 4.17. The van der Waals surface area contributed by atoms with Crippen molar-refractivity contribution >= 4 is 5.95 Å². The first kappa shape index (κ1) is 10.1. The number of aromatic nitrogens is 4. The molecule has 1 aliphatic carbocycles. The summed E-state index contributed by atoms with van der Waals surface area (Å²) in [5.74, 6) is 0.676. The maximum absolute atomic E-state index is 4.46. The molecule has 2 aromatic rings. The lowest BCUT2D eigenvalue weighted by molar-refractivity contribution is 1.04. The van der Waals surface area contributed by atoms with Crippen LogP contribution in [-0.4, -0.2) is 26.0 Å². The molecule has 17 heavy (non-hydrogen) atoms. The van der Waals surface area contributed by atoms with E-state index in [1.807, 2.05) is 13.0 Å². The highest BCUT2D eigenvalue weighted by Crippen LogP contribution is 2.24. The Morgan fingerprint density at radius 3 is 2.71 bits per heavy atom. The van der Waals surface area contributed by atoms with Gasteiger partial charge in [0.2, 0.25) is 5.95 Å². The minimum atomic E-state index is 0.549. The molecular weight excluding hydrogens is 214 g/mol. The van der Waals surface area contributed by atoms with Crippen molar-refractivity contribution in [2.45, 2.75) is 25.8 Å². The molecule has 2 aromatic heterocycles. The molecule has 86 valence electrons. The van der Waals surface area contributed by atoms with E-state index in [4.69, 9.17) is 0 Å². The lowest BCUT2D eigenvalue weighted by Crippen LogP contribution is -2.06. The summed E-state index contributed by atoms with van der Waals surface area (Å²) < 4.78 is 0. The zero-order chi connectivity index (χ0) is 11.7. The molecule has 0 atom stereocenters. The molecule has 1 aliphatic rings. The van der Waals surface area contributed by atoms with E-state index >= 15 is 0 Å². The highest BCUT2D eigenvalue weighted by atomic mass is 15.1. The Morgan fingerprint density at radius 2 is 1.94 bits per heavy atom. The molecule has 0 saturated heterocycles. The van der Waals surface area contributed by atoms with Gasteiger partial charge in [-0.3, -0.25) is 9.97 Å². The van der Waals surface area contributed by atoms with E-state index in [9.17, 15) is 0 Å². The van der Waals surface area contributed by atoms with Crippen molar-refractivity contribution in [3.8, 4) is 11.4 Å². The smallest absolute Gasteiger partial charge is 0.223 e. The second kappa shape index (κ2) is 4.08. The molecule has 2 heterocycles. The number of nitrogens with zero attached hydrogens (tertiary/aromatic N) is 4. The van der Waals surface area contributed by atoms with Gasteiger partial charge in [-0.2, -0.15) is 0 Å². The SMILES string of the molecule is Cc1nccnc1-c1ccnc(NC2CC2)n1. The van der Waals surface area contributed by atoms with E-state index in [0.29, 0.717) is 12.0 Å². The number of hydrogen-bond donors (Lipinski definition) is 1. The molecule has 0 spiro atoms. The quantitative estimate of drug-likeness (QED) is 0.866. The predicted molar refractivity (Wildman–Crippen MR) is 64.4 cm³/mol. The van der Waals surface area contributed by atoms with Crippen LogP contribution in [0.25, 0.3) is 11.4 Å². The minimum absolute atomic E-state index is 0.549. The summed E-state index contributed by atoms with van der Waals surface area (Å²) >= 11 is 0. The summed E-state index contributed by atoms with van der Waals surface area (Å²) in [6.45, 7) is 1.93. The van der Waals surface area contributed by atoms with Gasteiger partial charge in [-0.05, 0) is 25.8 Å². The monoisotopic (exact) mass is 227 g/mol. The van der Waals surface area contributed by atoms with Crippen LogP contribution in [0.2, 0.25) is 0 Å². The molecule has 1 fully saturated rings. The highest BCUT2D eigenvalue weighted by molar-refractivity contribution is 5.57. The lowest BCUT2D eigenvalue weighted by atomic mass is 10.2. The summed E-state index contributed by atoms with van der Waals surface area (Å²) in [5, 5.41) is 3.28. The van der Waals surface area contributed by atoms with E-state index in [-0.39, 0.29) is 0 Å². The predicted octanol–water partition coefficient (Wildman–Crippen LogP) is 1.82. The largest absolute Gasteiger partial charge is 0.351 e. The van der Waals surface area contributed by atoms with Crippen molar-refractivity contribution in [1.29, 1.82) is 0 Å². The molecule has 0 bridgehead atoms. The molecule has 5 heteroatoms.